The van der Waals surface area contributed by atoms with E-state index < -0.39 is 28.9 Å². The summed E-state index contributed by atoms with van der Waals surface area (Å²) >= 11 is 0.598. The predicted molar refractivity (Wildman–Crippen MR) is 75.4 cm³/mol. The number of carbonyl (C=O) groups is 1. The number of aromatic nitrogens is 2. The van der Waals surface area contributed by atoms with Gasteiger partial charge in [0, 0.05) is 5.56 Å². The molecule has 1 atom stereocenters. The maximum absolute atomic E-state index is 12.9. The van der Waals surface area contributed by atoms with E-state index in [2.05, 4.69) is 9.97 Å². The topological polar surface area (TPSA) is 63.1 Å². The Morgan fingerprint density at radius 2 is 1.83 bits per heavy atom. The minimum absolute atomic E-state index is 0.0626. The number of nitrogens with zero attached hydrogens (tertiary/aromatic N) is 2. The summed E-state index contributed by atoms with van der Waals surface area (Å²) in [6, 6.07) is 5.50. The number of alkyl halides is 3. The third-order valence-corrected chi connectivity index (χ3v) is 3.71. The first-order valence-corrected chi connectivity index (χ1v) is 7.16. The zero-order chi connectivity index (χ0) is 17.2. The van der Waals surface area contributed by atoms with Crippen molar-refractivity contribution in [2.45, 2.75) is 23.5 Å². The number of rotatable bonds is 4. The van der Waals surface area contributed by atoms with Gasteiger partial charge in [0.1, 0.15) is 16.8 Å². The minimum atomic E-state index is -4.71. The van der Waals surface area contributed by atoms with E-state index in [0.29, 0.717) is 11.8 Å². The molecule has 0 aliphatic heterocycles. The van der Waals surface area contributed by atoms with Gasteiger partial charge in [0.05, 0.1) is 5.69 Å². The van der Waals surface area contributed by atoms with Crippen LogP contribution in [0, 0.1) is 5.82 Å². The molecule has 1 aromatic carbocycles. The molecule has 0 bridgehead atoms. The van der Waals surface area contributed by atoms with Crippen molar-refractivity contribution in [3.05, 3.63) is 41.8 Å². The van der Waals surface area contributed by atoms with Crippen LogP contribution in [0.5, 0.6) is 0 Å². The Morgan fingerprint density at radius 1 is 1.22 bits per heavy atom. The lowest BCUT2D eigenvalue weighted by atomic mass is 10.1. The first-order valence-electron chi connectivity index (χ1n) is 6.28. The second-order valence-electron chi connectivity index (χ2n) is 4.52. The predicted octanol–water partition coefficient (Wildman–Crippen LogP) is 3.87. The lowest BCUT2D eigenvalue weighted by Crippen LogP contribution is -2.14. The molecule has 0 spiro atoms. The van der Waals surface area contributed by atoms with Crippen molar-refractivity contribution < 1.29 is 27.5 Å². The zero-order valence-electron chi connectivity index (χ0n) is 11.6. The van der Waals surface area contributed by atoms with E-state index in [1.807, 2.05) is 0 Å². The van der Waals surface area contributed by atoms with Crippen LogP contribution in [0.15, 0.2) is 35.5 Å². The Bertz CT molecular complexity index is 720. The first-order chi connectivity index (χ1) is 10.7. The van der Waals surface area contributed by atoms with E-state index in [0.717, 1.165) is 18.2 Å². The molecule has 0 aliphatic carbocycles. The molecule has 0 amide bonds. The van der Waals surface area contributed by atoms with Crippen molar-refractivity contribution in [1.29, 1.82) is 0 Å². The van der Waals surface area contributed by atoms with Crippen LogP contribution < -0.4 is 0 Å². The first kappa shape index (κ1) is 17.2. The van der Waals surface area contributed by atoms with Gasteiger partial charge >= 0.3 is 12.1 Å². The van der Waals surface area contributed by atoms with Crippen LogP contribution >= 0.6 is 11.8 Å². The number of aliphatic carboxylic acids is 1. The van der Waals surface area contributed by atoms with Crippen molar-refractivity contribution in [2.75, 3.05) is 0 Å². The normalized spacial score (nSPS) is 12.9. The van der Waals surface area contributed by atoms with Crippen molar-refractivity contribution in [3.63, 3.8) is 0 Å². The van der Waals surface area contributed by atoms with Gasteiger partial charge in [0.15, 0.2) is 5.16 Å². The van der Waals surface area contributed by atoms with Gasteiger partial charge in [-0.3, -0.25) is 4.79 Å². The maximum atomic E-state index is 12.9. The van der Waals surface area contributed by atoms with Crippen LogP contribution in [0.4, 0.5) is 17.6 Å². The van der Waals surface area contributed by atoms with Crippen molar-refractivity contribution in [3.8, 4) is 11.3 Å². The van der Waals surface area contributed by atoms with E-state index in [-0.39, 0.29) is 16.4 Å². The molecule has 0 saturated heterocycles. The van der Waals surface area contributed by atoms with Crippen molar-refractivity contribution in [1.82, 2.24) is 9.97 Å². The van der Waals surface area contributed by atoms with Gasteiger partial charge in [-0.2, -0.15) is 13.2 Å². The van der Waals surface area contributed by atoms with Crippen LogP contribution in [0.2, 0.25) is 0 Å². The summed E-state index contributed by atoms with van der Waals surface area (Å²) in [7, 11) is 0. The van der Waals surface area contributed by atoms with E-state index in [9.17, 15) is 22.4 Å². The molecular weight excluding hydrogens is 336 g/mol. The van der Waals surface area contributed by atoms with Gasteiger partial charge in [-0.05, 0) is 37.3 Å². The quantitative estimate of drug-likeness (QED) is 0.517. The van der Waals surface area contributed by atoms with Gasteiger partial charge < -0.3 is 5.11 Å². The molecule has 2 rings (SSSR count). The average Bonchev–Trinajstić information content (AvgIpc) is 2.46. The molecule has 1 heterocycles. The number of benzene rings is 1. The Kier molecular flexibility index (Phi) is 4.88. The zero-order valence-corrected chi connectivity index (χ0v) is 12.5. The number of halogens is 4. The summed E-state index contributed by atoms with van der Waals surface area (Å²) in [5, 5.41) is 7.52. The smallest absolute Gasteiger partial charge is 0.433 e. The number of hydrogen-bond donors (Lipinski definition) is 1. The van der Waals surface area contributed by atoms with Gasteiger partial charge in [-0.15, -0.1) is 0 Å². The summed E-state index contributed by atoms with van der Waals surface area (Å²) in [6.45, 7) is 1.31. The second-order valence-corrected chi connectivity index (χ2v) is 5.83. The molecule has 1 aromatic heterocycles. The van der Waals surface area contributed by atoms with Crippen LogP contribution in [-0.2, 0) is 11.0 Å². The number of hydrogen-bond acceptors (Lipinski definition) is 4. The molecule has 23 heavy (non-hydrogen) atoms. The number of carboxylic acids is 1. The third kappa shape index (κ3) is 4.41. The summed E-state index contributed by atoms with van der Waals surface area (Å²) in [6.07, 6.45) is -4.71. The summed E-state index contributed by atoms with van der Waals surface area (Å²) in [5.41, 5.74) is -0.983. The lowest BCUT2D eigenvalue weighted by molar-refractivity contribution is -0.141. The SMILES string of the molecule is C[C@H](Sc1nc(-c2ccc(F)cc2)cc(C(F)(F)F)n1)C(=O)O. The van der Waals surface area contributed by atoms with Gasteiger partial charge in [0.2, 0.25) is 0 Å². The molecule has 0 saturated carbocycles. The Balaban J connectivity index is 2.49. The standard InChI is InChI=1S/C14H10F4N2O2S/c1-7(12(21)22)23-13-19-10(6-11(20-13)14(16,17)18)8-2-4-9(15)5-3-8/h2-7H,1H3,(H,21,22)/t7-/m0/s1. The molecule has 9 heteroatoms. The fourth-order valence-corrected chi connectivity index (χ4v) is 2.32. The molecule has 1 N–H and O–H groups in total. The summed E-state index contributed by atoms with van der Waals surface area (Å²) in [4.78, 5) is 18.1. The van der Waals surface area contributed by atoms with Gasteiger partial charge in [-0.1, -0.05) is 11.8 Å². The Labute approximate surface area is 132 Å². The minimum Gasteiger partial charge on any atom is -0.480 e. The maximum Gasteiger partial charge on any atom is 0.433 e. The summed E-state index contributed by atoms with van der Waals surface area (Å²) in [5.74, 6) is -1.73. The van der Waals surface area contributed by atoms with E-state index in [1.165, 1.54) is 19.1 Å². The van der Waals surface area contributed by atoms with E-state index in [1.54, 1.807) is 0 Å². The van der Waals surface area contributed by atoms with Crippen LogP contribution in [0.25, 0.3) is 11.3 Å². The van der Waals surface area contributed by atoms with E-state index in [4.69, 9.17) is 5.11 Å². The van der Waals surface area contributed by atoms with Gasteiger partial charge in [-0.25, -0.2) is 14.4 Å². The Morgan fingerprint density at radius 3 is 2.35 bits per heavy atom. The van der Waals surface area contributed by atoms with Crippen LogP contribution in [0.3, 0.4) is 0 Å². The molecule has 0 radical (unpaired) electrons. The lowest BCUT2D eigenvalue weighted by Gasteiger charge is -2.11. The number of carboxylic acid groups (broad SMARTS) is 1. The van der Waals surface area contributed by atoms with Crippen molar-refractivity contribution >= 4 is 17.7 Å². The second kappa shape index (κ2) is 6.53. The highest BCUT2D eigenvalue weighted by molar-refractivity contribution is 8.00. The summed E-state index contributed by atoms with van der Waals surface area (Å²) < 4.78 is 51.8. The van der Waals surface area contributed by atoms with Gasteiger partial charge in [0.25, 0.3) is 0 Å². The number of thioether (sulfide) groups is 1. The third-order valence-electron chi connectivity index (χ3n) is 2.77. The monoisotopic (exact) mass is 346 g/mol. The molecule has 4 nitrogen and oxygen atoms in total. The van der Waals surface area contributed by atoms with Crippen LogP contribution in [-0.4, -0.2) is 26.3 Å². The highest BCUT2D eigenvalue weighted by Gasteiger charge is 2.34. The van der Waals surface area contributed by atoms with Crippen LogP contribution in [0.1, 0.15) is 12.6 Å². The molecule has 122 valence electrons. The highest BCUT2D eigenvalue weighted by Crippen LogP contribution is 2.32. The van der Waals surface area contributed by atoms with E-state index >= 15 is 0 Å². The fraction of sp³-hybridized carbons (Fsp3) is 0.214. The largest absolute Gasteiger partial charge is 0.480 e. The Hall–Kier alpha value is -2.16. The molecule has 2 aromatic rings. The molecule has 0 aliphatic rings. The fourth-order valence-electron chi connectivity index (χ4n) is 1.60. The molecule has 0 fully saturated rings. The highest BCUT2D eigenvalue weighted by atomic mass is 32.2. The molecular formula is C14H10F4N2O2S. The average molecular weight is 346 g/mol. The molecule has 0 unspecified atom stereocenters. The van der Waals surface area contributed by atoms with Crippen molar-refractivity contribution in [2.24, 2.45) is 0 Å².